The second kappa shape index (κ2) is 6.44. The van der Waals surface area contributed by atoms with E-state index >= 15 is 0 Å². The molecule has 1 aliphatic rings. The Kier molecular flexibility index (Phi) is 4.99. The summed E-state index contributed by atoms with van der Waals surface area (Å²) in [6.07, 6.45) is -0.558. The fourth-order valence-corrected chi connectivity index (χ4v) is 3.46. The number of ether oxygens (including phenoxy) is 1. The lowest BCUT2D eigenvalue weighted by Crippen LogP contribution is -2.47. The third kappa shape index (κ3) is 3.37. The first-order chi connectivity index (χ1) is 10.3. The van der Waals surface area contributed by atoms with Crippen LogP contribution in [0.15, 0.2) is 24.3 Å². The molecule has 0 aromatic heterocycles. The van der Waals surface area contributed by atoms with E-state index in [2.05, 4.69) is 0 Å². The third-order valence-electron chi connectivity index (χ3n) is 3.77. The number of hydrogen-bond donors (Lipinski definition) is 1. The summed E-state index contributed by atoms with van der Waals surface area (Å²) in [5.74, 6) is -0.189. The minimum absolute atomic E-state index is 0.0450. The fraction of sp³-hybridized carbons (Fsp3) is 0.533. The predicted octanol–water partition coefficient (Wildman–Crippen LogP) is 2.40. The molecule has 5 nitrogen and oxygen atoms in total. The van der Waals surface area contributed by atoms with Gasteiger partial charge in [0.2, 0.25) is 5.91 Å². The number of nitrogens with zero attached hydrogens (tertiary/aromatic N) is 1. The number of alkyl halides is 1. The van der Waals surface area contributed by atoms with Crippen LogP contribution in [0.5, 0.6) is 0 Å². The molecular formula is C15H20FNO4S. The quantitative estimate of drug-likeness (QED) is 0.862. The summed E-state index contributed by atoms with van der Waals surface area (Å²) < 4.78 is 39.1. The van der Waals surface area contributed by atoms with Crippen molar-refractivity contribution in [3.8, 4) is 0 Å². The van der Waals surface area contributed by atoms with Gasteiger partial charge in [-0.05, 0) is 25.0 Å². The van der Waals surface area contributed by atoms with Crippen LogP contribution in [0.3, 0.4) is 0 Å². The molecule has 3 atom stereocenters. The molecule has 0 radical (unpaired) electrons. The van der Waals surface area contributed by atoms with Gasteiger partial charge in [0.05, 0.1) is 11.8 Å². The predicted molar refractivity (Wildman–Crippen MR) is 81.1 cm³/mol. The van der Waals surface area contributed by atoms with Crippen molar-refractivity contribution in [2.75, 3.05) is 6.67 Å². The fourth-order valence-electron chi connectivity index (χ4n) is 2.98. The summed E-state index contributed by atoms with van der Waals surface area (Å²) in [7, 11) is 0. The molecule has 7 heteroatoms. The van der Waals surface area contributed by atoms with E-state index in [1.165, 1.54) is 11.8 Å². The lowest BCUT2D eigenvalue weighted by atomic mass is 10.0. The smallest absolute Gasteiger partial charge is 0.222 e. The van der Waals surface area contributed by atoms with E-state index in [0.717, 1.165) is 5.56 Å². The van der Waals surface area contributed by atoms with Gasteiger partial charge >= 0.3 is 0 Å². The number of carbonyl (C=O) groups excluding carboxylic acids is 1. The molecule has 1 heterocycles. The van der Waals surface area contributed by atoms with Crippen molar-refractivity contribution >= 4 is 17.0 Å². The first-order valence-electron chi connectivity index (χ1n) is 6.96. The normalized spacial score (nSPS) is 25.2. The van der Waals surface area contributed by atoms with Crippen LogP contribution in [0.1, 0.15) is 38.0 Å². The van der Waals surface area contributed by atoms with Crippen LogP contribution >= 0.6 is 0 Å². The molecule has 0 aliphatic carbocycles. The summed E-state index contributed by atoms with van der Waals surface area (Å²) in [6.45, 7) is 4.17. The van der Waals surface area contributed by atoms with Gasteiger partial charge in [0.15, 0.2) is 11.1 Å². The van der Waals surface area contributed by atoms with Gasteiger partial charge in [0, 0.05) is 6.92 Å². The van der Waals surface area contributed by atoms with Crippen LogP contribution in [0.2, 0.25) is 0 Å². The van der Waals surface area contributed by atoms with Gasteiger partial charge < -0.3 is 14.2 Å². The summed E-state index contributed by atoms with van der Waals surface area (Å²) in [5, 5.41) is 0. The Hall–Kier alpha value is -1.31. The summed E-state index contributed by atoms with van der Waals surface area (Å²) in [6, 6.07) is 6.24. The Morgan fingerprint density at radius 3 is 2.45 bits per heavy atom. The third-order valence-corrected chi connectivity index (χ3v) is 4.35. The van der Waals surface area contributed by atoms with Crippen molar-refractivity contribution < 1.29 is 22.7 Å². The zero-order chi connectivity index (χ0) is 16.5. The Labute approximate surface area is 131 Å². The Morgan fingerprint density at radius 2 is 2.00 bits per heavy atom. The maximum Gasteiger partial charge on any atom is 0.222 e. The standard InChI is InChI=1S/C15H20FNO4S/c1-10(18)17-13(8-16)14(21-15(17,2)3)12-6-4-11(5-7-12)9-22(19)20/h4-7,13-14H,8-9H2,1-3H3,(H,19,20)/t13-,14-/m1/s1. The monoisotopic (exact) mass is 329 g/mol. The zero-order valence-electron chi connectivity index (χ0n) is 12.8. The molecule has 122 valence electrons. The van der Waals surface area contributed by atoms with Crippen LogP contribution in [0.25, 0.3) is 0 Å². The second-order valence-corrected chi connectivity index (χ2v) is 6.73. The van der Waals surface area contributed by atoms with E-state index in [9.17, 15) is 13.4 Å². The second-order valence-electron chi connectivity index (χ2n) is 5.80. The van der Waals surface area contributed by atoms with Crippen LogP contribution in [0, 0.1) is 0 Å². The summed E-state index contributed by atoms with van der Waals surface area (Å²) >= 11 is -1.90. The first-order valence-corrected chi connectivity index (χ1v) is 8.24. The molecule has 1 amide bonds. The first kappa shape index (κ1) is 17.1. The van der Waals surface area contributed by atoms with E-state index in [-0.39, 0.29) is 11.7 Å². The lowest BCUT2D eigenvalue weighted by Gasteiger charge is -2.31. The topological polar surface area (TPSA) is 66.8 Å². The minimum atomic E-state index is -1.90. The van der Waals surface area contributed by atoms with Gasteiger partial charge in [0.1, 0.15) is 18.5 Å². The van der Waals surface area contributed by atoms with E-state index < -0.39 is 35.6 Å². The van der Waals surface area contributed by atoms with E-state index in [1.54, 1.807) is 38.1 Å². The highest BCUT2D eigenvalue weighted by molar-refractivity contribution is 7.78. The van der Waals surface area contributed by atoms with Crippen molar-refractivity contribution in [2.24, 2.45) is 0 Å². The maximum atomic E-state index is 13.5. The Bertz CT molecular complexity index is 575. The molecule has 2 rings (SSSR count). The van der Waals surface area contributed by atoms with E-state index in [4.69, 9.17) is 9.29 Å². The van der Waals surface area contributed by atoms with E-state index in [0.29, 0.717) is 5.56 Å². The van der Waals surface area contributed by atoms with Gasteiger partial charge in [-0.3, -0.25) is 4.79 Å². The van der Waals surface area contributed by atoms with E-state index in [1.807, 2.05) is 0 Å². The van der Waals surface area contributed by atoms with Gasteiger partial charge in [0.25, 0.3) is 0 Å². The van der Waals surface area contributed by atoms with Crippen LogP contribution in [-0.2, 0) is 26.4 Å². The number of carbonyl (C=O) groups is 1. The molecular weight excluding hydrogens is 309 g/mol. The van der Waals surface area contributed by atoms with Crippen molar-refractivity contribution in [1.82, 2.24) is 4.90 Å². The molecule has 0 bridgehead atoms. The van der Waals surface area contributed by atoms with Crippen LogP contribution < -0.4 is 0 Å². The largest absolute Gasteiger partial charge is 0.346 e. The highest BCUT2D eigenvalue weighted by Gasteiger charge is 2.49. The summed E-state index contributed by atoms with van der Waals surface area (Å²) in [4.78, 5) is 13.2. The number of amides is 1. The average Bonchev–Trinajstić information content (AvgIpc) is 2.70. The highest BCUT2D eigenvalue weighted by atomic mass is 32.2. The van der Waals surface area contributed by atoms with Gasteiger partial charge in [-0.1, -0.05) is 24.3 Å². The maximum absolute atomic E-state index is 13.5. The molecule has 1 fully saturated rings. The molecule has 22 heavy (non-hydrogen) atoms. The van der Waals surface area contributed by atoms with Gasteiger partial charge in [-0.25, -0.2) is 8.60 Å². The SMILES string of the molecule is CC(=O)N1[C@H](CF)[C@@H](c2ccc(CS(=O)O)cc2)OC1(C)C. The Balaban J connectivity index is 2.28. The Morgan fingerprint density at radius 1 is 1.41 bits per heavy atom. The van der Waals surface area contributed by atoms with Crippen molar-refractivity contribution in [3.63, 3.8) is 0 Å². The molecule has 1 saturated heterocycles. The van der Waals surface area contributed by atoms with Crippen molar-refractivity contribution in [3.05, 3.63) is 35.4 Å². The number of hydrogen-bond acceptors (Lipinski definition) is 3. The minimum Gasteiger partial charge on any atom is -0.346 e. The number of rotatable bonds is 4. The summed E-state index contributed by atoms with van der Waals surface area (Å²) in [5.41, 5.74) is 0.576. The molecule has 1 aliphatic heterocycles. The molecule has 1 N–H and O–H groups in total. The highest BCUT2D eigenvalue weighted by Crippen LogP contribution is 2.41. The van der Waals surface area contributed by atoms with Gasteiger partial charge in [-0.2, -0.15) is 0 Å². The van der Waals surface area contributed by atoms with Crippen molar-refractivity contribution in [1.29, 1.82) is 0 Å². The molecule has 1 aromatic carbocycles. The molecule has 1 unspecified atom stereocenters. The van der Waals surface area contributed by atoms with Crippen LogP contribution in [0.4, 0.5) is 4.39 Å². The average molecular weight is 329 g/mol. The number of halogens is 1. The molecule has 0 saturated carbocycles. The zero-order valence-corrected chi connectivity index (χ0v) is 13.6. The van der Waals surface area contributed by atoms with Crippen LogP contribution in [-0.4, -0.2) is 38.0 Å². The molecule has 0 spiro atoms. The molecule has 1 aromatic rings. The van der Waals surface area contributed by atoms with Crippen molar-refractivity contribution in [2.45, 2.75) is 44.4 Å². The lowest BCUT2D eigenvalue weighted by molar-refractivity contribution is -0.145. The van der Waals surface area contributed by atoms with Gasteiger partial charge in [-0.15, -0.1) is 0 Å². The number of benzene rings is 1.